The normalized spacial score (nSPS) is 12.4. The van der Waals surface area contributed by atoms with Gasteiger partial charge in [0.05, 0.1) is 19.2 Å². The van der Waals surface area contributed by atoms with E-state index in [9.17, 15) is 4.79 Å². The van der Waals surface area contributed by atoms with Crippen molar-refractivity contribution in [1.29, 1.82) is 0 Å². The zero-order chi connectivity index (χ0) is 12.0. The van der Waals surface area contributed by atoms with Gasteiger partial charge in [-0.2, -0.15) is 0 Å². The molecule has 0 aliphatic heterocycles. The third kappa shape index (κ3) is 3.67. The molecule has 0 spiro atoms. The minimum Gasteiger partial charge on any atom is -0.467 e. The second-order valence-corrected chi connectivity index (χ2v) is 3.59. The van der Waals surface area contributed by atoms with Gasteiger partial charge >= 0.3 is 5.97 Å². The Labute approximate surface area is 94.4 Å². The standard InChI is InChI=1S/C11H17NO4/c1-8(3-4-13)12-6-10-5-9(7-16-10)11(14)15-2/h5,7-8,12-13H,3-4,6H2,1-2H3. The Morgan fingerprint density at radius 2 is 2.44 bits per heavy atom. The van der Waals surface area contributed by atoms with Crippen molar-refractivity contribution >= 4 is 5.97 Å². The van der Waals surface area contributed by atoms with Crippen LogP contribution in [0.4, 0.5) is 0 Å². The second-order valence-electron chi connectivity index (χ2n) is 3.59. The van der Waals surface area contributed by atoms with Crippen LogP contribution in [0.15, 0.2) is 16.7 Å². The molecule has 0 amide bonds. The van der Waals surface area contributed by atoms with Crippen LogP contribution in [-0.2, 0) is 11.3 Å². The van der Waals surface area contributed by atoms with E-state index in [0.29, 0.717) is 24.3 Å². The Bertz CT molecular complexity index is 334. The smallest absolute Gasteiger partial charge is 0.341 e. The van der Waals surface area contributed by atoms with Crippen LogP contribution in [0.25, 0.3) is 0 Å². The molecule has 0 bridgehead atoms. The largest absolute Gasteiger partial charge is 0.467 e. The molecule has 0 fully saturated rings. The fourth-order valence-electron chi connectivity index (χ4n) is 1.27. The quantitative estimate of drug-likeness (QED) is 0.707. The predicted octanol–water partition coefficient (Wildman–Crippen LogP) is 0.927. The molecule has 1 unspecified atom stereocenters. The summed E-state index contributed by atoms with van der Waals surface area (Å²) in [6, 6.07) is 1.85. The van der Waals surface area contributed by atoms with Crippen LogP contribution in [0.1, 0.15) is 29.5 Å². The van der Waals surface area contributed by atoms with Crippen molar-refractivity contribution in [1.82, 2.24) is 5.32 Å². The van der Waals surface area contributed by atoms with Gasteiger partial charge in [-0.25, -0.2) is 4.79 Å². The Balaban J connectivity index is 2.43. The summed E-state index contributed by atoms with van der Waals surface area (Å²) in [7, 11) is 1.33. The van der Waals surface area contributed by atoms with Gasteiger partial charge in [-0.3, -0.25) is 0 Å². The second kappa shape index (κ2) is 6.30. The van der Waals surface area contributed by atoms with Crippen LogP contribution in [0, 0.1) is 0 Å². The van der Waals surface area contributed by atoms with Gasteiger partial charge < -0.3 is 19.6 Å². The number of ether oxygens (including phenoxy) is 1. The van der Waals surface area contributed by atoms with Gasteiger partial charge in [0.2, 0.25) is 0 Å². The van der Waals surface area contributed by atoms with Crippen molar-refractivity contribution < 1.29 is 19.1 Å². The molecule has 0 aliphatic rings. The first-order chi connectivity index (χ1) is 7.67. The van der Waals surface area contributed by atoms with Gasteiger partial charge in [0.25, 0.3) is 0 Å². The van der Waals surface area contributed by atoms with E-state index in [-0.39, 0.29) is 12.6 Å². The summed E-state index contributed by atoms with van der Waals surface area (Å²) in [6.07, 6.45) is 2.06. The molecule has 90 valence electrons. The average molecular weight is 227 g/mol. The maximum atomic E-state index is 11.1. The Kier molecular flexibility index (Phi) is 5.01. The first kappa shape index (κ1) is 12.7. The molecule has 1 aromatic rings. The van der Waals surface area contributed by atoms with Crippen molar-refractivity contribution in [3.05, 3.63) is 23.7 Å². The molecular formula is C11H17NO4. The predicted molar refractivity (Wildman–Crippen MR) is 58.1 cm³/mol. The highest BCUT2D eigenvalue weighted by Crippen LogP contribution is 2.09. The van der Waals surface area contributed by atoms with Gasteiger partial charge in [-0.1, -0.05) is 0 Å². The van der Waals surface area contributed by atoms with Crippen LogP contribution in [-0.4, -0.2) is 30.8 Å². The third-order valence-electron chi connectivity index (χ3n) is 2.26. The maximum Gasteiger partial charge on any atom is 0.341 e. The van der Waals surface area contributed by atoms with E-state index < -0.39 is 5.97 Å². The summed E-state index contributed by atoms with van der Waals surface area (Å²) in [5.41, 5.74) is 0.411. The first-order valence-corrected chi connectivity index (χ1v) is 5.17. The number of furan rings is 1. The fourth-order valence-corrected chi connectivity index (χ4v) is 1.27. The zero-order valence-electron chi connectivity index (χ0n) is 9.53. The lowest BCUT2D eigenvalue weighted by molar-refractivity contribution is 0.0600. The highest BCUT2D eigenvalue weighted by atomic mass is 16.5. The van der Waals surface area contributed by atoms with E-state index >= 15 is 0 Å². The van der Waals surface area contributed by atoms with Gasteiger partial charge in [-0.05, 0) is 19.4 Å². The third-order valence-corrected chi connectivity index (χ3v) is 2.26. The maximum absolute atomic E-state index is 11.1. The Morgan fingerprint density at radius 1 is 1.69 bits per heavy atom. The lowest BCUT2D eigenvalue weighted by atomic mass is 10.2. The number of carbonyl (C=O) groups excluding carboxylic acids is 1. The first-order valence-electron chi connectivity index (χ1n) is 5.17. The van der Waals surface area contributed by atoms with E-state index in [4.69, 9.17) is 9.52 Å². The van der Waals surface area contributed by atoms with E-state index in [1.54, 1.807) is 6.07 Å². The van der Waals surface area contributed by atoms with Crippen LogP contribution in [0.2, 0.25) is 0 Å². The van der Waals surface area contributed by atoms with E-state index in [2.05, 4.69) is 10.1 Å². The van der Waals surface area contributed by atoms with E-state index in [1.165, 1.54) is 13.4 Å². The molecule has 0 saturated heterocycles. The van der Waals surface area contributed by atoms with Gasteiger partial charge in [-0.15, -0.1) is 0 Å². The lowest BCUT2D eigenvalue weighted by Crippen LogP contribution is -2.26. The molecule has 5 heteroatoms. The number of hydrogen-bond acceptors (Lipinski definition) is 5. The van der Waals surface area contributed by atoms with Gasteiger partial charge in [0.1, 0.15) is 12.0 Å². The summed E-state index contributed by atoms with van der Waals surface area (Å²) in [4.78, 5) is 11.1. The summed E-state index contributed by atoms with van der Waals surface area (Å²) in [6.45, 7) is 2.65. The summed E-state index contributed by atoms with van der Waals surface area (Å²) in [5.74, 6) is 0.267. The van der Waals surface area contributed by atoms with Crippen molar-refractivity contribution in [2.24, 2.45) is 0 Å². The summed E-state index contributed by atoms with van der Waals surface area (Å²) >= 11 is 0. The molecule has 0 aromatic carbocycles. The minimum absolute atomic E-state index is 0.153. The monoisotopic (exact) mass is 227 g/mol. The topological polar surface area (TPSA) is 71.7 Å². The van der Waals surface area contributed by atoms with Crippen molar-refractivity contribution in [3.63, 3.8) is 0 Å². The molecule has 0 radical (unpaired) electrons. The molecule has 0 aliphatic carbocycles. The number of methoxy groups -OCH3 is 1. The number of rotatable bonds is 6. The van der Waals surface area contributed by atoms with Crippen molar-refractivity contribution in [2.45, 2.75) is 25.9 Å². The lowest BCUT2D eigenvalue weighted by Gasteiger charge is -2.10. The molecule has 1 aromatic heterocycles. The minimum atomic E-state index is -0.404. The fraction of sp³-hybridized carbons (Fsp3) is 0.545. The van der Waals surface area contributed by atoms with Crippen molar-refractivity contribution in [2.75, 3.05) is 13.7 Å². The van der Waals surface area contributed by atoms with Crippen LogP contribution >= 0.6 is 0 Å². The molecular weight excluding hydrogens is 210 g/mol. The molecule has 1 heterocycles. The zero-order valence-corrected chi connectivity index (χ0v) is 9.53. The Hall–Kier alpha value is -1.33. The number of aliphatic hydroxyl groups excluding tert-OH is 1. The Morgan fingerprint density at radius 3 is 3.06 bits per heavy atom. The molecule has 5 nitrogen and oxygen atoms in total. The number of hydrogen-bond donors (Lipinski definition) is 2. The SMILES string of the molecule is COC(=O)c1coc(CNC(C)CCO)c1. The molecule has 1 atom stereocenters. The van der Waals surface area contributed by atoms with Crippen LogP contribution < -0.4 is 5.32 Å². The molecule has 16 heavy (non-hydrogen) atoms. The van der Waals surface area contributed by atoms with Gasteiger partial charge in [0, 0.05) is 12.6 Å². The van der Waals surface area contributed by atoms with E-state index in [1.807, 2.05) is 6.92 Å². The molecule has 2 N–H and O–H groups in total. The highest BCUT2D eigenvalue weighted by molar-refractivity contribution is 5.88. The average Bonchev–Trinajstić information content (AvgIpc) is 2.74. The molecule has 1 rings (SSSR count). The number of carbonyl (C=O) groups is 1. The van der Waals surface area contributed by atoms with E-state index in [0.717, 1.165) is 0 Å². The highest BCUT2D eigenvalue weighted by Gasteiger charge is 2.10. The number of nitrogens with one attached hydrogen (secondary N) is 1. The number of aliphatic hydroxyl groups is 1. The van der Waals surface area contributed by atoms with Crippen LogP contribution in [0.3, 0.4) is 0 Å². The number of esters is 1. The van der Waals surface area contributed by atoms with Gasteiger partial charge in [0.15, 0.2) is 0 Å². The molecule has 0 saturated carbocycles. The summed E-state index contributed by atoms with van der Waals surface area (Å²) in [5, 5.41) is 11.9. The summed E-state index contributed by atoms with van der Waals surface area (Å²) < 4.78 is 9.75. The van der Waals surface area contributed by atoms with Crippen LogP contribution in [0.5, 0.6) is 0 Å². The van der Waals surface area contributed by atoms with Crippen molar-refractivity contribution in [3.8, 4) is 0 Å².